The molecule has 0 amide bonds. The first-order valence-electron chi connectivity index (χ1n) is 10.2. The van der Waals surface area contributed by atoms with Gasteiger partial charge in [-0.05, 0) is 55.6 Å². The van der Waals surface area contributed by atoms with Crippen molar-refractivity contribution in [1.29, 1.82) is 0 Å². The molecule has 0 unspecified atom stereocenters. The summed E-state index contributed by atoms with van der Waals surface area (Å²) in [4.78, 5) is 11.0. The Morgan fingerprint density at radius 2 is 1.87 bits per heavy atom. The van der Waals surface area contributed by atoms with Crippen molar-refractivity contribution in [3.63, 3.8) is 0 Å². The van der Waals surface area contributed by atoms with Gasteiger partial charge in [0.1, 0.15) is 16.8 Å². The Morgan fingerprint density at radius 3 is 2.57 bits per heavy atom. The fourth-order valence-corrected chi connectivity index (χ4v) is 4.44. The first-order chi connectivity index (χ1) is 14.5. The van der Waals surface area contributed by atoms with Gasteiger partial charge in [0, 0.05) is 44.3 Å². The van der Waals surface area contributed by atoms with Crippen LogP contribution in [0.1, 0.15) is 31.2 Å². The van der Waals surface area contributed by atoms with Crippen molar-refractivity contribution >= 4 is 40.7 Å². The lowest BCUT2D eigenvalue weighted by Crippen LogP contribution is -2.45. The van der Waals surface area contributed by atoms with Gasteiger partial charge in [0.25, 0.3) is 0 Å². The van der Waals surface area contributed by atoms with Crippen LogP contribution in [0.15, 0.2) is 30.3 Å². The Balaban J connectivity index is 1.43. The second-order valence-electron chi connectivity index (χ2n) is 7.77. The second kappa shape index (κ2) is 9.41. The Morgan fingerprint density at radius 1 is 1.17 bits per heavy atom. The lowest BCUT2D eigenvalue weighted by Gasteiger charge is -2.38. The van der Waals surface area contributed by atoms with Crippen LogP contribution < -0.4 is 15.5 Å². The van der Waals surface area contributed by atoms with Crippen molar-refractivity contribution < 1.29 is 9.13 Å². The van der Waals surface area contributed by atoms with Crippen molar-refractivity contribution in [3.05, 3.63) is 46.9 Å². The van der Waals surface area contributed by atoms with Crippen LogP contribution >= 0.6 is 23.8 Å². The fraction of sp³-hybridized carbons (Fsp3) is 0.476. The Hall–Kier alpha value is -2.03. The van der Waals surface area contributed by atoms with E-state index in [1.165, 1.54) is 12.1 Å². The highest BCUT2D eigenvalue weighted by molar-refractivity contribution is 7.80. The summed E-state index contributed by atoms with van der Waals surface area (Å²) in [6, 6.07) is 8.48. The van der Waals surface area contributed by atoms with Gasteiger partial charge in [0.15, 0.2) is 5.11 Å². The molecule has 1 aromatic carbocycles. The highest BCUT2D eigenvalue weighted by atomic mass is 35.5. The molecule has 9 heteroatoms. The van der Waals surface area contributed by atoms with Gasteiger partial charge in [-0.25, -0.2) is 9.37 Å². The minimum Gasteiger partial charge on any atom is -0.381 e. The number of nitrogens with one attached hydrogen (secondary N) is 2. The molecule has 160 valence electrons. The lowest BCUT2D eigenvalue weighted by atomic mass is 9.74. The summed E-state index contributed by atoms with van der Waals surface area (Å²) in [5, 5.41) is 7.16. The molecule has 0 bridgehead atoms. The molecule has 4 rings (SSSR count). The van der Waals surface area contributed by atoms with Crippen LogP contribution in [-0.4, -0.2) is 47.9 Å². The Kier molecular flexibility index (Phi) is 6.65. The average molecular weight is 450 g/mol. The minimum atomic E-state index is -0.238. The van der Waals surface area contributed by atoms with Gasteiger partial charge in [-0.15, -0.1) is 0 Å². The lowest BCUT2D eigenvalue weighted by molar-refractivity contribution is 0.0515. The number of hydrogen-bond donors (Lipinski definition) is 2. The number of benzene rings is 1. The van der Waals surface area contributed by atoms with E-state index in [4.69, 9.17) is 28.6 Å². The minimum absolute atomic E-state index is 0.173. The number of rotatable bonds is 5. The van der Waals surface area contributed by atoms with Gasteiger partial charge >= 0.3 is 0 Å². The monoisotopic (exact) mass is 449 g/mol. The standard InChI is InChI=1S/C21H25ClFN5OS/c22-17-13-18(28-9-1-2-10-28)26-19(25-17)27-20(30)24-14-21(7-11-29-12-8-21)15-3-5-16(23)6-4-15/h3-6,13H,1-2,7-12,14H2,(H2,24,25,26,27,30). The van der Waals surface area contributed by atoms with Gasteiger partial charge in [0.05, 0.1) is 0 Å². The molecule has 2 saturated heterocycles. The van der Waals surface area contributed by atoms with E-state index in [9.17, 15) is 4.39 Å². The first kappa shape index (κ1) is 21.2. The van der Waals surface area contributed by atoms with Crippen LogP contribution in [0.3, 0.4) is 0 Å². The zero-order chi connectivity index (χ0) is 21.0. The highest BCUT2D eigenvalue weighted by Crippen LogP contribution is 2.34. The van der Waals surface area contributed by atoms with E-state index in [0.717, 1.165) is 50.2 Å². The second-order valence-corrected chi connectivity index (χ2v) is 8.57. The van der Waals surface area contributed by atoms with Gasteiger partial charge < -0.3 is 20.3 Å². The van der Waals surface area contributed by atoms with Crippen molar-refractivity contribution in [2.24, 2.45) is 0 Å². The maximum atomic E-state index is 13.4. The number of nitrogens with zero attached hydrogens (tertiary/aromatic N) is 3. The summed E-state index contributed by atoms with van der Waals surface area (Å²) in [6.45, 7) is 3.87. The van der Waals surface area contributed by atoms with Crippen LogP contribution in [0.2, 0.25) is 5.15 Å². The number of anilines is 2. The third kappa shape index (κ3) is 4.99. The molecule has 2 aliphatic heterocycles. The molecule has 2 aromatic rings. The van der Waals surface area contributed by atoms with E-state index < -0.39 is 0 Å². The summed E-state index contributed by atoms with van der Waals surface area (Å²) in [6.07, 6.45) is 3.97. The fourth-order valence-electron chi connectivity index (χ4n) is 4.10. The smallest absolute Gasteiger partial charge is 0.232 e. The van der Waals surface area contributed by atoms with Crippen molar-refractivity contribution in [3.8, 4) is 0 Å². The normalized spacial score (nSPS) is 18.3. The largest absolute Gasteiger partial charge is 0.381 e. The topological polar surface area (TPSA) is 62.3 Å². The summed E-state index contributed by atoms with van der Waals surface area (Å²) < 4.78 is 19.0. The Labute approximate surface area is 186 Å². The Bertz CT molecular complexity index is 885. The molecular weight excluding hydrogens is 425 g/mol. The van der Waals surface area contributed by atoms with Gasteiger partial charge in [-0.2, -0.15) is 4.98 Å². The molecule has 30 heavy (non-hydrogen) atoms. The third-order valence-electron chi connectivity index (χ3n) is 5.83. The van der Waals surface area contributed by atoms with E-state index in [0.29, 0.717) is 36.0 Å². The summed E-state index contributed by atoms with van der Waals surface area (Å²) in [7, 11) is 0. The van der Waals surface area contributed by atoms with Gasteiger partial charge in [-0.3, -0.25) is 0 Å². The van der Waals surface area contributed by atoms with Crippen LogP contribution in [0.4, 0.5) is 16.2 Å². The number of ether oxygens (including phenoxy) is 1. The molecule has 0 spiro atoms. The quantitative estimate of drug-likeness (QED) is 0.530. The van der Waals surface area contributed by atoms with Gasteiger partial charge in [0.2, 0.25) is 5.95 Å². The molecule has 3 heterocycles. The van der Waals surface area contributed by atoms with E-state index in [1.807, 2.05) is 12.1 Å². The van der Waals surface area contributed by atoms with Crippen LogP contribution in [0, 0.1) is 5.82 Å². The molecule has 0 radical (unpaired) electrons. The molecule has 0 aliphatic carbocycles. The molecule has 1 aromatic heterocycles. The molecule has 0 atom stereocenters. The number of thiocarbonyl (C=S) groups is 1. The van der Waals surface area contributed by atoms with Crippen LogP contribution in [-0.2, 0) is 10.2 Å². The van der Waals surface area contributed by atoms with E-state index in [-0.39, 0.29) is 11.2 Å². The summed E-state index contributed by atoms with van der Waals surface area (Å²) in [5.74, 6) is 0.952. The summed E-state index contributed by atoms with van der Waals surface area (Å²) >= 11 is 11.7. The maximum absolute atomic E-state index is 13.4. The van der Waals surface area contributed by atoms with E-state index in [2.05, 4.69) is 25.5 Å². The predicted molar refractivity (Wildman–Crippen MR) is 121 cm³/mol. The van der Waals surface area contributed by atoms with E-state index in [1.54, 1.807) is 6.07 Å². The molecule has 0 saturated carbocycles. The van der Waals surface area contributed by atoms with Gasteiger partial charge in [-0.1, -0.05) is 23.7 Å². The number of halogens is 2. The van der Waals surface area contributed by atoms with Crippen molar-refractivity contribution in [2.45, 2.75) is 31.1 Å². The third-order valence-corrected chi connectivity index (χ3v) is 6.27. The van der Waals surface area contributed by atoms with Crippen LogP contribution in [0.25, 0.3) is 0 Å². The average Bonchev–Trinajstić information content (AvgIpc) is 3.28. The SMILES string of the molecule is Fc1ccc(C2(CNC(=S)Nc3nc(Cl)cc(N4CCCC4)n3)CCOCC2)cc1. The predicted octanol–water partition coefficient (Wildman–Crippen LogP) is 3.90. The molecule has 2 N–H and O–H groups in total. The molecule has 6 nitrogen and oxygen atoms in total. The maximum Gasteiger partial charge on any atom is 0.232 e. The summed E-state index contributed by atoms with van der Waals surface area (Å²) in [5.41, 5.74) is 0.908. The molecular formula is C21H25ClFN5OS. The van der Waals surface area contributed by atoms with Crippen molar-refractivity contribution in [1.82, 2.24) is 15.3 Å². The van der Waals surface area contributed by atoms with Crippen molar-refractivity contribution in [2.75, 3.05) is 43.1 Å². The number of aromatic nitrogens is 2. The van der Waals surface area contributed by atoms with Crippen LogP contribution in [0.5, 0.6) is 0 Å². The molecule has 2 aliphatic rings. The number of hydrogen-bond acceptors (Lipinski definition) is 5. The molecule has 2 fully saturated rings. The zero-order valence-corrected chi connectivity index (χ0v) is 18.2. The first-order valence-corrected chi connectivity index (χ1v) is 11.0. The van der Waals surface area contributed by atoms with E-state index >= 15 is 0 Å². The zero-order valence-electron chi connectivity index (χ0n) is 16.7. The highest BCUT2D eigenvalue weighted by Gasteiger charge is 2.34.